The summed E-state index contributed by atoms with van der Waals surface area (Å²) in [4.78, 5) is 23.9. The summed E-state index contributed by atoms with van der Waals surface area (Å²) < 4.78 is 1.02. The average molecular weight is 576 g/mol. The molecule has 1 aliphatic rings. The summed E-state index contributed by atoms with van der Waals surface area (Å²) in [6, 6.07) is 24.0. The van der Waals surface area contributed by atoms with Crippen LogP contribution < -0.4 is 10.2 Å². The van der Waals surface area contributed by atoms with Crippen molar-refractivity contribution in [2.45, 2.75) is 45.1 Å². The van der Waals surface area contributed by atoms with Crippen molar-refractivity contribution in [2.24, 2.45) is 0 Å². The van der Waals surface area contributed by atoms with E-state index in [1.807, 2.05) is 59.5 Å². The third-order valence-electron chi connectivity index (χ3n) is 7.07. The van der Waals surface area contributed by atoms with Crippen LogP contribution in [0.15, 0.2) is 83.5 Å². The maximum atomic E-state index is 12.8. The van der Waals surface area contributed by atoms with E-state index in [0.29, 0.717) is 11.0 Å². The molecule has 0 saturated carbocycles. The number of halogens is 2. The van der Waals surface area contributed by atoms with Crippen LogP contribution in [0.1, 0.15) is 45.2 Å². The molecule has 1 amide bonds. The lowest BCUT2D eigenvalue weighted by Crippen LogP contribution is -2.55. The van der Waals surface area contributed by atoms with Gasteiger partial charge in [0.15, 0.2) is 0 Å². The van der Waals surface area contributed by atoms with Crippen LogP contribution >= 0.6 is 27.5 Å². The van der Waals surface area contributed by atoms with E-state index in [0.717, 1.165) is 44.7 Å². The molecule has 188 valence electrons. The van der Waals surface area contributed by atoms with Gasteiger partial charge in [-0.05, 0) is 79.9 Å². The summed E-state index contributed by atoms with van der Waals surface area (Å²) in [6.45, 7) is 8.12. The zero-order valence-electron chi connectivity index (χ0n) is 21.2. The monoisotopic (exact) mass is 574 g/mol. The van der Waals surface area contributed by atoms with Crippen molar-refractivity contribution in [1.82, 2.24) is 9.97 Å². The Hall–Kier alpha value is -3.22. The first-order valence-corrected chi connectivity index (χ1v) is 13.3. The van der Waals surface area contributed by atoms with E-state index in [2.05, 4.69) is 65.2 Å². The molecule has 0 bridgehead atoms. The Balaban J connectivity index is 1.57. The summed E-state index contributed by atoms with van der Waals surface area (Å²) in [5.41, 5.74) is 5.12. The fourth-order valence-electron chi connectivity index (χ4n) is 5.62. The molecule has 0 radical (unpaired) electrons. The van der Waals surface area contributed by atoms with E-state index in [-0.39, 0.29) is 16.9 Å². The average Bonchev–Trinajstić information content (AvgIpc) is 2.84. The first-order valence-electron chi connectivity index (χ1n) is 12.1. The normalized spacial score (nSPS) is 18.3. The van der Waals surface area contributed by atoms with Gasteiger partial charge in [0.2, 0.25) is 11.9 Å². The van der Waals surface area contributed by atoms with E-state index in [9.17, 15) is 4.79 Å². The Morgan fingerprint density at radius 2 is 1.70 bits per heavy atom. The van der Waals surface area contributed by atoms with E-state index < -0.39 is 0 Å². The van der Waals surface area contributed by atoms with E-state index in [1.54, 1.807) is 13.1 Å². The van der Waals surface area contributed by atoms with Crippen LogP contribution in [-0.4, -0.2) is 21.4 Å². The fraction of sp³-hybridized carbons (Fsp3) is 0.233. The number of carbonyl (C=O) groups excluding carboxylic acids is 1. The van der Waals surface area contributed by atoms with Crippen molar-refractivity contribution in [1.29, 1.82) is 0 Å². The van der Waals surface area contributed by atoms with Crippen molar-refractivity contribution in [3.05, 3.63) is 99.6 Å². The van der Waals surface area contributed by atoms with Gasteiger partial charge in [-0.25, -0.2) is 9.97 Å². The van der Waals surface area contributed by atoms with E-state index >= 15 is 0 Å². The van der Waals surface area contributed by atoms with Crippen LogP contribution in [0.4, 0.5) is 17.3 Å². The van der Waals surface area contributed by atoms with Crippen molar-refractivity contribution >= 4 is 50.8 Å². The second-order valence-corrected chi connectivity index (χ2v) is 11.7. The lowest BCUT2D eigenvalue weighted by molar-refractivity contribution is -0.117. The molecule has 1 unspecified atom stereocenters. The Morgan fingerprint density at radius 1 is 1.00 bits per heavy atom. The fourth-order valence-corrected chi connectivity index (χ4v) is 6.01. The van der Waals surface area contributed by atoms with Crippen molar-refractivity contribution in [3.63, 3.8) is 0 Å². The van der Waals surface area contributed by atoms with Crippen molar-refractivity contribution in [3.8, 4) is 11.3 Å². The van der Waals surface area contributed by atoms with E-state index in [1.165, 1.54) is 0 Å². The molecule has 37 heavy (non-hydrogen) atoms. The summed E-state index contributed by atoms with van der Waals surface area (Å²) in [5.74, 6) is 0.531. The second kappa shape index (κ2) is 9.58. The second-order valence-electron chi connectivity index (χ2n) is 10.3. The third kappa shape index (κ3) is 4.88. The highest BCUT2D eigenvalue weighted by Gasteiger charge is 2.47. The number of hydrogen-bond acceptors (Lipinski definition) is 4. The molecule has 5 rings (SSSR count). The maximum Gasteiger partial charge on any atom is 0.227 e. The summed E-state index contributed by atoms with van der Waals surface area (Å²) in [7, 11) is 0. The number of rotatable bonds is 4. The first kappa shape index (κ1) is 25.4. The standard InChI is InChI=1S/C30H28BrClN4O/c1-19(37)36-27-14-13-24(34-28-33-16-15-26(35-28)20-5-9-22(31)10-6-20)17-25(27)30(4,18-29(36,2)3)21-7-11-23(32)12-8-21/h5-17H,18H2,1-4H3,(H,33,34,35). The van der Waals surface area contributed by atoms with Crippen molar-refractivity contribution < 1.29 is 4.79 Å². The molecule has 5 nitrogen and oxygen atoms in total. The third-order valence-corrected chi connectivity index (χ3v) is 7.85. The molecular formula is C30H28BrClN4O. The van der Waals surface area contributed by atoms with E-state index in [4.69, 9.17) is 16.6 Å². The van der Waals surface area contributed by atoms with Gasteiger partial charge in [-0.3, -0.25) is 4.79 Å². The number of benzene rings is 3. The molecule has 4 aromatic rings. The molecule has 1 aliphatic heterocycles. The molecule has 0 aliphatic carbocycles. The number of amides is 1. The van der Waals surface area contributed by atoms with Gasteiger partial charge in [0, 0.05) is 50.5 Å². The molecule has 0 fully saturated rings. The molecule has 7 heteroatoms. The van der Waals surface area contributed by atoms with Crippen LogP contribution in [0.2, 0.25) is 5.02 Å². The predicted octanol–water partition coefficient (Wildman–Crippen LogP) is 8.14. The summed E-state index contributed by atoms with van der Waals surface area (Å²) >= 11 is 9.70. The van der Waals surface area contributed by atoms with Gasteiger partial charge in [0.05, 0.1) is 5.69 Å². The van der Waals surface area contributed by atoms with Crippen LogP contribution in [0, 0.1) is 0 Å². The van der Waals surface area contributed by atoms with Gasteiger partial charge < -0.3 is 10.2 Å². The molecule has 0 saturated heterocycles. The van der Waals surface area contributed by atoms with Gasteiger partial charge >= 0.3 is 0 Å². The zero-order valence-corrected chi connectivity index (χ0v) is 23.6. The maximum absolute atomic E-state index is 12.8. The number of hydrogen-bond donors (Lipinski definition) is 1. The molecular weight excluding hydrogens is 548 g/mol. The molecule has 2 heterocycles. The number of aromatic nitrogens is 2. The molecule has 3 aromatic carbocycles. The molecule has 0 spiro atoms. The highest BCUT2D eigenvalue weighted by Crippen LogP contribution is 2.51. The first-order chi connectivity index (χ1) is 17.6. The van der Waals surface area contributed by atoms with Gasteiger partial charge in [-0.1, -0.05) is 58.7 Å². The molecule has 1 aromatic heterocycles. The topological polar surface area (TPSA) is 58.1 Å². The Kier molecular flexibility index (Phi) is 6.59. The quantitative estimate of drug-likeness (QED) is 0.267. The smallest absolute Gasteiger partial charge is 0.227 e. The SMILES string of the molecule is CC(=O)N1c2ccc(Nc3nccc(-c4ccc(Br)cc4)n3)cc2C(C)(c2ccc(Cl)cc2)CC1(C)C. The Bertz CT molecular complexity index is 1470. The number of anilines is 3. The van der Waals surface area contributed by atoms with Gasteiger partial charge in [-0.2, -0.15) is 0 Å². The minimum Gasteiger partial charge on any atom is -0.324 e. The van der Waals surface area contributed by atoms with Crippen LogP contribution in [-0.2, 0) is 10.2 Å². The molecule has 1 N–H and O–H groups in total. The van der Waals surface area contributed by atoms with Gasteiger partial charge in [0.25, 0.3) is 0 Å². The Morgan fingerprint density at radius 3 is 2.38 bits per heavy atom. The number of nitrogens with one attached hydrogen (secondary N) is 1. The number of carbonyl (C=O) groups is 1. The molecule has 1 atom stereocenters. The number of nitrogens with zero attached hydrogens (tertiary/aromatic N) is 3. The van der Waals surface area contributed by atoms with Gasteiger partial charge in [-0.15, -0.1) is 0 Å². The largest absolute Gasteiger partial charge is 0.324 e. The lowest BCUT2D eigenvalue weighted by Gasteiger charge is -2.51. The van der Waals surface area contributed by atoms with Gasteiger partial charge in [0.1, 0.15) is 0 Å². The lowest BCUT2D eigenvalue weighted by atomic mass is 9.65. The summed E-state index contributed by atoms with van der Waals surface area (Å²) in [5, 5.41) is 4.08. The van der Waals surface area contributed by atoms with Crippen LogP contribution in [0.3, 0.4) is 0 Å². The highest BCUT2D eigenvalue weighted by atomic mass is 79.9. The van der Waals surface area contributed by atoms with Crippen LogP contribution in [0.25, 0.3) is 11.3 Å². The minimum atomic E-state index is -0.371. The predicted molar refractivity (Wildman–Crippen MR) is 155 cm³/mol. The number of fused-ring (bicyclic) bond motifs is 1. The van der Waals surface area contributed by atoms with Crippen molar-refractivity contribution in [2.75, 3.05) is 10.2 Å². The zero-order chi connectivity index (χ0) is 26.4. The summed E-state index contributed by atoms with van der Waals surface area (Å²) in [6.07, 6.45) is 2.51. The van der Waals surface area contributed by atoms with Crippen LogP contribution in [0.5, 0.6) is 0 Å². The highest BCUT2D eigenvalue weighted by molar-refractivity contribution is 9.10. The minimum absolute atomic E-state index is 0.0237. The Labute approximate surface area is 231 Å².